The van der Waals surface area contributed by atoms with E-state index in [1.54, 1.807) is 23.2 Å². The number of hydrogen-bond acceptors (Lipinski definition) is 4. The summed E-state index contributed by atoms with van der Waals surface area (Å²) in [7, 11) is 0. The largest absolute Gasteiger partial charge is 0.489 e. The van der Waals surface area contributed by atoms with Gasteiger partial charge in [0.25, 0.3) is 5.91 Å². The van der Waals surface area contributed by atoms with Crippen LogP contribution >= 0.6 is 0 Å². The number of carbonyl (C=O) groups excluding carboxylic acids is 1. The average molecular weight is 375 g/mol. The predicted molar refractivity (Wildman–Crippen MR) is 114 cm³/mol. The van der Waals surface area contributed by atoms with Gasteiger partial charge in [-0.05, 0) is 57.2 Å². The molecule has 0 aliphatic heterocycles. The third-order valence-electron chi connectivity index (χ3n) is 4.15. The molecular formula is C23H25N3O2. The van der Waals surface area contributed by atoms with Crippen molar-refractivity contribution >= 4 is 23.1 Å². The van der Waals surface area contributed by atoms with Crippen LogP contribution < -0.4 is 15.0 Å². The maximum atomic E-state index is 12.9. The Morgan fingerprint density at radius 3 is 2.39 bits per heavy atom. The smallest absolute Gasteiger partial charge is 0.259 e. The van der Waals surface area contributed by atoms with Gasteiger partial charge in [0.1, 0.15) is 11.6 Å². The van der Waals surface area contributed by atoms with Crippen LogP contribution in [0.15, 0.2) is 72.9 Å². The van der Waals surface area contributed by atoms with E-state index in [1.165, 1.54) is 0 Å². The van der Waals surface area contributed by atoms with Crippen molar-refractivity contribution in [3.8, 4) is 5.75 Å². The first kappa shape index (κ1) is 19.4. The van der Waals surface area contributed by atoms with Crippen LogP contribution in [0.1, 0.15) is 31.1 Å². The lowest BCUT2D eigenvalue weighted by molar-refractivity contribution is 0.0988. The number of carbonyl (C=O) groups is 1. The number of amides is 1. The fraction of sp³-hybridized carbons (Fsp3) is 0.217. The van der Waals surface area contributed by atoms with Gasteiger partial charge in [0, 0.05) is 18.4 Å². The van der Waals surface area contributed by atoms with Crippen LogP contribution in [-0.4, -0.2) is 23.5 Å². The first-order chi connectivity index (χ1) is 13.6. The second kappa shape index (κ2) is 9.04. The van der Waals surface area contributed by atoms with Crippen LogP contribution in [-0.2, 0) is 0 Å². The molecule has 28 heavy (non-hydrogen) atoms. The molecule has 1 heterocycles. The summed E-state index contributed by atoms with van der Waals surface area (Å²) in [5.41, 5.74) is 2.25. The monoisotopic (exact) mass is 375 g/mol. The second-order valence-corrected chi connectivity index (χ2v) is 6.60. The zero-order valence-corrected chi connectivity index (χ0v) is 16.4. The van der Waals surface area contributed by atoms with Crippen molar-refractivity contribution in [2.75, 3.05) is 16.8 Å². The van der Waals surface area contributed by atoms with Crippen LogP contribution in [0.25, 0.3) is 0 Å². The fourth-order valence-corrected chi connectivity index (χ4v) is 2.87. The lowest BCUT2D eigenvalue weighted by atomic mass is 10.2. The molecule has 0 unspecified atom stereocenters. The van der Waals surface area contributed by atoms with Gasteiger partial charge in [-0.25, -0.2) is 4.98 Å². The lowest BCUT2D eigenvalue weighted by Crippen LogP contribution is -2.30. The third kappa shape index (κ3) is 4.68. The Kier molecular flexibility index (Phi) is 6.27. The van der Waals surface area contributed by atoms with Crippen molar-refractivity contribution in [2.45, 2.75) is 26.9 Å². The van der Waals surface area contributed by atoms with Crippen molar-refractivity contribution < 1.29 is 9.53 Å². The van der Waals surface area contributed by atoms with E-state index in [0.717, 1.165) is 17.1 Å². The highest BCUT2D eigenvalue weighted by molar-refractivity contribution is 6.06. The van der Waals surface area contributed by atoms with E-state index in [0.29, 0.717) is 17.9 Å². The van der Waals surface area contributed by atoms with E-state index in [2.05, 4.69) is 10.3 Å². The fourth-order valence-electron chi connectivity index (χ4n) is 2.87. The van der Waals surface area contributed by atoms with Gasteiger partial charge in [0.05, 0.1) is 17.4 Å². The molecule has 144 valence electrons. The molecule has 3 rings (SSSR count). The zero-order chi connectivity index (χ0) is 19.9. The van der Waals surface area contributed by atoms with Gasteiger partial charge in [-0.3, -0.25) is 4.79 Å². The molecule has 2 aromatic carbocycles. The molecule has 3 aromatic rings. The minimum absolute atomic E-state index is 0.0729. The molecule has 5 nitrogen and oxygen atoms in total. The van der Waals surface area contributed by atoms with Crippen molar-refractivity contribution in [3.63, 3.8) is 0 Å². The van der Waals surface area contributed by atoms with E-state index in [-0.39, 0.29) is 12.0 Å². The molecule has 1 aromatic heterocycles. The third-order valence-corrected chi connectivity index (χ3v) is 4.15. The maximum Gasteiger partial charge on any atom is 0.259 e. The molecule has 0 radical (unpaired) electrons. The van der Waals surface area contributed by atoms with Crippen LogP contribution in [0.3, 0.4) is 0 Å². The molecule has 1 amide bonds. The van der Waals surface area contributed by atoms with Crippen LogP contribution in [0.4, 0.5) is 17.2 Å². The molecule has 0 saturated heterocycles. The number of nitrogens with zero attached hydrogens (tertiary/aromatic N) is 2. The summed E-state index contributed by atoms with van der Waals surface area (Å²) in [6.07, 6.45) is 1.68. The summed E-state index contributed by atoms with van der Waals surface area (Å²) in [4.78, 5) is 19.0. The first-order valence-corrected chi connectivity index (χ1v) is 9.44. The molecule has 0 atom stereocenters. The minimum atomic E-state index is -0.0729. The number of aromatic nitrogens is 1. The van der Waals surface area contributed by atoms with Crippen LogP contribution in [0, 0.1) is 0 Å². The number of para-hydroxylation sites is 3. The number of benzene rings is 2. The van der Waals surface area contributed by atoms with Crippen molar-refractivity contribution in [3.05, 3.63) is 78.5 Å². The van der Waals surface area contributed by atoms with Gasteiger partial charge >= 0.3 is 0 Å². The zero-order valence-electron chi connectivity index (χ0n) is 16.4. The Labute approximate surface area is 166 Å². The Bertz CT molecular complexity index is 909. The lowest BCUT2D eigenvalue weighted by Gasteiger charge is -2.21. The molecule has 0 saturated carbocycles. The first-order valence-electron chi connectivity index (χ1n) is 9.44. The summed E-state index contributed by atoms with van der Waals surface area (Å²) in [6, 6.07) is 20.9. The quantitative estimate of drug-likeness (QED) is 0.610. The molecule has 5 heteroatoms. The topological polar surface area (TPSA) is 54.5 Å². The molecule has 0 aliphatic rings. The molecule has 0 spiro atoms. The van der Waals surface area contributed by atoms with Gasteiger partial charge in [0.15, 0.2) is 0 Å². The van der Waals surface area contributed by atoms with E-state index in [1.807, 2.05) is 75.4 Å². The van der Waals surface area contributed by atoms with Crippen molar-refractivity contribution in [2.24, 2.45) is 0 Å². The van der Waals surface area contributed by atoms with Gasteiger partial charge < -0.3 is 15.0 Å². The minimum Gasteiger partial charge on any atom is -0.489 e. The average Bonchev–Trinajstić information content (AvgIpc) is 2.71. The highest BCUT2D eigenvalue weighted by Gasteiger charge is 2.16. The number of nitrogens with one attached hydrogen (secondary N) is 1. The van der Waals surface area contributed by atoms with Gasteiger partial charge in [-0.2, -0.15) is 0 Å². The number of anilines is 3. The van der Waals surface area contributed by atoms with Crippen molar-refractivity contribution in [1.29, 1.82) is 0 Å². The Hall–Kier alpha value is -3.34. The predicted octanol–water partition coefficient (Wildman–Crippen LogP) is 5.28. The maximum absolute atomic E-state index is 12.9. The van der Waals surface area contributed by atoms with Crippen LogP contribution in [0.2, 0.25) is 0 Å². The summed E-state index contributed by atoms with van der Waals surface area (Å²) < 4.78 is 5.82. The Morgan fingerprint density at radius 2 is 1.75 bits per heavy atom. The summed E-state index contributed by atoms with van der Waals surface area (Å²) in [5, 5.41) is 3.26. The summed E-state index contributed by atoms with van der Waals surface area (Å²) in [6.45, 7) is 6.52. The number of ether oxygens (including phenoxy) is 1. The van der Waals surface area contributed by atoms with E-state index < -0.39 is 0 Å². The number of hydrogen-bond donors (Lipinski definition) is 1. The SMILES string of the molecule is CCN(C(=O)c1ccc(Nc2ccccc2OC(C)C)nc1)c1ccccc1. The van der Waals surface area contributed by atoms with Gasteiger partial charge in [-0.15, -0.1) is 0 Å². The van der Waals surface area contributed by atoms with Gasteiger partial charge in [0.2, 0.25) is 0 Å². The van der Waals surface area contributed by atoms with E-state index in [9.17, 15) is 4.79 Å². The molecule has 0 aliphatic carbocycles. The summed E-state index contributed by atoms with van der Waals surface area (Å²) >= 11 is 0. The number of rotatable bonds is 7. The van der Waals surface area contributed by atoms with E-state index >= 15 is 0 Å². The highest BCUT2D eigenvalue weighted by Crippen LogP contribution is 2.27. The van der Waals surface area contributed by atoms with E-state index in [4.69, 9.17) is 4.74 Å². The molecule has 0 fully saturated rings. The molecule has 0 bridgehead atoms. The van der Waals surface area contributed by atoms with Crippen LogP contribution in [0.5, 0.6) is 5.75 Å². The highest BCUT2D eigenvalue weighted by atomic mass is 16.5. The number of pyridine rings is 1. The normalized spacial score (nSPS) is 10.6. The second-order valence-electron chi connectivity index (χ2n) is 6.60. The van der Waals surface area contributed by atoms with Gasteiger partial charge in [-0.1, -0.05) is 30.3 Å². The molecule has 1 N–H and O–H groups in total. The summed E-state index contributed by atoms with van der Waals surface area (Å²) in [5.74, 6) is 1.34. The van der Waals surface area contributed by atoms with Crippen molar-refractivity contribution in [1.82, 2.24) is 4.98 Å². The standard InChI is InChI=1S/C23H25N3O2/c1-4-26(19-10-6-5-7-11-19)23(27)18-14-15-22(24-16-18)25-20-12-8-9-13-21(20)28-17(2)3/h5-17H,4H2,1-3H3,(H,24,25). The Morgan fingerprint density at radius 1 is 1.04 bits per heavy atom. The molecular weight excluding hydrogens is 350 g/mol. The Balaban J connectivity index is 1.76.